The molecular weight excluding hydrogens is 468 g/mol. The molecule has 8 nitrogen and oxygen atoms in total. The molecule has 0 spiro atoms. The molecule has 0 aliphatic carbocycles. The van der Waals surface area contributed by atoms with Crippen molar-refractivity contribution in [1.29, 1.82) is 0 Å². The third-order valence-corrected chi connectivity index (χ3v) is 8.54. The number of carbonyl (C=O) groups is 1. The summed E-state index contributed by atoms with van der Waals surface area (Å²) in [7, 11) is 1.84. The fraction of sp³-hybridized carbons (Fsp3) is 0.417. The van der Waals surface area contributed by atoms with E-state index >= 15 is 0 Å². The van der Waals surface area contributed by atoms with Gasteiger partial charge < -0.3 is 9.88 Å². The highest BCUT2D eigenvalue weighted by Crippen LogP contribution is 2.26. The fourth-order valence-corrected chi connectivity index (χ4v) is 6.35. The van der Waals surface area contributed by atoms with E-state index in [9.17, 15) is 9.59 Å². The van der Waals surface area contributed by atoms with Gasteiger partial charge in [0.05, 0.1) is 35.2 Å². The summed E-state index contributed by atoms with van der Waals surface area (Å²) in [6.45, 7) is 8.83. The van der Waals surface area contributed by atoms with E-state index in [2.05, 4.69) is 25.8 Å². The molecule has 178 valence electrons. The molecule has 1 fully saturated rings. The molecule has 3 aromatic heterocycles. The SMILES string of the molecule is Cc1sc2nc(CN3CCN(CC(=O)N(C)Cc4nc5ccccc5s4)CC3)[nH]c(=O)c2c1C. The van der Waals surface area contributed by atoms with Gasteiger partial charge in [-0.25, -0.2) is 9.97 Å². The number of hydrogen-bond donors (Lipinski definition) is 1. The monoisotopic (exact) mass is 496 g/mol. The number of carbonyl (C=O) groups excluding carboxylic acids is 1. The molecule has 1 N–H and O–H groups in total. The number of likely N-dealkylation sites (N-methyl/N-ethyl adjacent to an activating group) is 1. The molecule has 0 bridgehead atoms. The number of amides is 1. The highest BCUT2D eigenvalue weighted by molar-refractivity contribution is 7.19. The largest absolute Gasteiger partial charge is 0.338 e. The lowest BCUT2D eigenvalue weighted by Gasteiger charge is -2.34. The second kappa shape index (κ2) is 9.53. The lowest BCUT2D eigenvalue weighted by atomic mass is 10.2. The molecule has 5 rings (SSSR count). The Labute approximate surface area is 205 Å². The summed E-state index contributed by atoms with van der Waals surface area (Å²) in [4.78, 5) is 45.8. The highest BCUT2D eigenvalue weighted by atomic mass is 32.1. The van der Waals surface area contributed by atoms with Gasteiger partial charge in [-0.3, -0.25) is 19.4 Å². The summed E-state index contributed by atoms with van der Waals surface area (Å²) in [6, 6.07) is 8.05. The first kappa shape index (κ1) is 23.1. The highest BCUT2D eigenvalue weighted by Gasteiger charge is 2.22. The number of thiazole rings is 1. The molecule has 1 saturated heterocycles. The van der Waals surface area contributed by atoms with Crippen LogP contribution < -0.4 is 5.56 Å². The summed E-state index contributed by atoms with van der Waals surface area (Å²) in [5.74, 6) is 0.812. The van der Waals surface area contributed by atoms with Crippen LogP contribution in [-0.2, 0) is 17.9 Å². The van der Waals surface area contributed by atoms with E-state index in [1.807, 2.05) is 39.1 Å². The number of benzene rings is 1. The zero-order chi connectivity index (χ0) is 23.8. The Kier molecular flexibility index (Phi) is 6.48. The number of aromatic amines is 1. The van der Waals surface area contributed by atoms with Crippen LogP contribution in [0.4, 0.5) is 0 Å². The van der Waals surface area contributed by atoms with E-state index in [0.717, 1.165) is 56.7 Å². The van der Waals surface area contributed by atoms with E-state index in [4.69, 9.17) is 4.98 Å². The maximum Gasteiger partial charge on any atom is 0.259 e. The topological polar surface area (TPSA) is 85.4 Å². The molecule has 34 heavy (non-hydrogen) atoms. The number of rotatable bonds is 6. The van der Waals surface area contributed by atoms with Crippen LogP contribution in [0.2, 0.25) is 0 Å². The molecule has 1 aromatic carbocycles. The quantitative estimate of drug-likeness (QED) is 0.442. The van der Waals surface area contributed by atoms with Crippen molar-refractivity contribution >= 4 is 49.0 Å². The van der Waals surface area contributed by atoms with Crippen LogP contribution in [0.15, 0.2) is 29.1 Å². The molecule has 1 aliphatic rings. The average molecular weight is 497 g/mol. The summed E-state index contributed by atoms with van der Waals surface area (Å²) in [5, 5.41) is 1.67. The number of nitrogens with one attached hydrogen (secondary N) is 1. The second-order valence-electron chi connectivity index (χ2n) is 8.85. The van der Waals surface area contributed by atoms with Crippen molar-refractivity contribution in [3.05, 3.63) is 55.9 Å². The Morgan fingerprint density at radius 3 is 2.59 bits per heavy atom. The minimum absolute atomic E-state index is 0.0535. The lowest BCUT2D eigenvalue weighted by molar-refractivity contribution is -0.132. The molecule has 0 saturated carbocycles. The van der Waals surface area contributed by atoms with E-state index < -0.39 is 0 Å². The van der Waals surface area contributed by atoms with Crippen molar-refractivity contribution in [3.63, 3.8) is 0 Å². The lowest BCUT2D eigenvalue weighted by Crippen LogP contribution is -2.49. The van der Waals surface area contributed by atoms with Crippen LogP contribution in [0.3, 0.4) is 0 Å². The van der Waals surface area contributed by atoms with Gasteiger partial charge in [0.1, 0.15) is 15.7 Å². The predicted octanol–water partition coefficient (Wildman–Crippen LogP) is 2.99. The van der Waals surface area contributed by atoms with Crippen molar-refractivity contribution in [3.8, 4) is 0 Å². The number of piperazine rings is 1. The molecule has 10 heteroatoms. The minimum atomic E-state index is -0.0535. The van der Waals surface area contributed by atoms with Crippen LogP contribution in [0.25, 0.3) is 20.4 Å². The van der Waals surface area contributed by atoms with Crippen LogP contribution >= 0.6 is 22.7 Å². The number of fused-ring (bicyclic) bond motifs is 2. The van der Waals surface area contributed by atoms with E-state index in [-0.39, 0.29) is 11.5 Å². The molecule has 1 amide bonds. The van der Waals surface area contributed by atoms with Gasteiger partial charge >= 0.3 is 0 Å². The van der Waals surface area contributed by atoms with Gasteiger partial charge in [0, 0.05) is 38.1 Å². The molecule has 0 radical (unpaired) electrons. The van der Waals surface area contributed by atoms with Crippen molar-refractivity contribution in [2.24, 2.45) is 0 Å². The maximum absolute atomic E-state index is 12.8. The molecule has 4 aromatic rings. The first-order valence-electron chi connectivity index (χ1n) is 11.4. The molecule has 0 unspecified atom stereocenters. The molecule has 4 heterocycles. The second-order valence-corrected chi connectivity index (χ2v) is 11.2. The van der Waals surface area contributed by atoms with Gasteiger partial charge in [-0.1, -0.05) is 12.1 Å². The number of H-pyrrole nitrogens is 1. The molecule has 0 atom stereocenters. The van der Waals surface area contributed by atoms with Gasteiger partial charge in [0.2, 0.25) is 5.91 Å². The third-order valence-electron chi connectivity index (χ3n) is 6.42. The summed E-state index contributed by atoms with van der Waals surface area (Å²) in [6.07, 6.45) is 0. The van der Waals surface area contributed by atoms with Crippen LogP contribution in [0, 0.1) is 13.8 Å². The minimum Gasteiger partial charge on any atom is -0.338 e. The Morgan fingerprint density at radius 1 is 1.09 bits per heavy atom. The number of thiophene rings is 1. The fourth-order valence-electron chi connectivity index (χ4n) is 4.28. The first-order chi connectivity index (χ1) is 16.4. The van der Waals surface area contributed by atoms with Crippen LogP contribution in [0.5, 0.6) is 0 Å². The van der Waals surface area contributed by atoms with Crippen LogP contribution in [-0.4, -0.2) is 75.3 Å². The maximum atomic E-state index is 12.8. The Bertz CT molecular complexity index is 1370. The Hall–Kier alpha value is -2.66. The first-order valence-corrected chi connectivity index (χ1v) is 13.0. The zero-order valence-corrected chi connectivity index (χ0v) is 21.3. The van der Waals surface area contributed by atoms with Crippen molar-refractivity contribution in [1.82, 2.24) is 29.7 Å². The smallest absolute Gasteiger partial charge is 0.259 e. The van der Waals surface area contributed by atoms with Crippen molar-refractivity contribution < 1.29 is 4.79 Å². The average Bonchev–Trinajstić information content (AvgIpc) is 3.34. The van der Waals surface area contributed by atoms with Crippen molar-refractivity contribution in [2.45, 2.75) is 26.9 Å². The number of aryl methyl sites for hydroxylation is 2. The number of hydrogen-bond acceptors (Lipinski definition) is 8. The van der Waals surface area contributed by atoms with Gasteiger partial charge in [-0.2, -0.15) is 0 Å². The summed E-state index contributed by atoms with van der Waals surface area (Å²) < 4.78 is 1.15. The molecular formula is C24H28N6O2S2. The molecule has 1 aliphatic heterocycles. The number of aromatic nitrogens is 3. The van der Waals surface area contributed by atoms with E-state index in [1.165, 1.54) is 0 Å². The van der Waals surface area contributed by atoms with Gasteiger partial charge in [0.15, 0.2) is 0 Å². The Morgan fingerprint density at radius 2 is 1.82 bits per heavy atom. The van der Waals surface area contributed by atoms with E-state index in [1.54, 1.807) is 27.6 Å². The normalized spacial score (nSPS) is 15.4. The standard InChI is InChI=1S/C24H28N6O2S2/c1-15-16(2)33-24-22(15)23(32)26-19(27-24)12-29-8-10-30(11-9-29)14-21(31)28(3)13-20-25-17-6-4-5-7-18(17)34-20/h4-7H,8-14H2,1-3H3,(H,26,27,32). The van der Waals surface area contributed by atoms with Crippen LogP contribution in [0.1, 0.15) is 21.3 Å². The van der Waals surface area contributed by atoms with Gasteiger partial charge in [0.25, 0.3) is 5.56 Å². The van der Waals surface area contributed by atoms with Gasteiger partial charge in [-0.05, 0) is 31.5 Å². The number of para-hydroxylation sites is 1. The number of nitrogens with zero attached hydrogens (tertiary/aromatic N) is 5. The zero-order valence-electron chi connectivity index (χ0n) is 19.6. The predicted molar refractivity (Wildman–Crippen MR) is 138 cm³/mol. The third kappa shape index (κ3) is 4.76. The Balaban J connectivity index is 1.13. The van der Waals surface area contributed by atoms with Crippen molar-refractivity contribution in [2.75, 3.05) is 39.8 Å². The summed E-state index contributed by atoms with van der Waals surface area (Å²) in [5.41, 5.74) is 1.95. The summed E-state index contributed by atoms with van der Waals surface area (Å²) >= 11 is 3.21. The van der Waals surface area contributed by atoms with E-state index in [0.29, 0.717) is 30.8 Å². The van der Waals surface area contributed by atoms with Gasteiger partial charge in [-0.15, -0.1) is 22.7 Å².